The van der Waals surface area contributed by atoms with Crippen LogP contribution in [0.4, 0.5) is 0 Å². The molecule has 1 aromatic carbocycles. The van der Waals surface area contributed by atoms with Crippen LogP contribution in [0.15, 0.2) is 24.3 Å². The molecule has 0 fully saturated rings. The molecule has 1 aliphatic rings. The lowest BCUT2D eigenvalue weighted by Gasteiger charge is -2.35. The molecule has 0 spiro atoms. The Morgan fingerprint density at radius 1 is 1.30 bits per heavy atom. The van der Waals surface area contributed by atoms with E-state index < -0.39 is 12.0 Å². The topological polar surface area (TPSA) is 90.0 Å². The van der Waals surface area contributed by atoms with Gasteiger partial charge in [0, 0.05) is 27.1 Å². The summed E-state index contributed by atoms with van der Waals surface area (Å²) in [5, 5.41) is 12.0. The molecule has 0 heterocycles. The number of carbonyl (C=O) groups excluding carboxylic acids is 2. The maximum atomic E-state index is 12.9. The second kappa shape index (κ2) is 9.50. The lowest BCUT2D eigenvalue weighted by atomic mass is 9.87. The fraction of sp³-hybridized carbons (Fsp3) is 0.550. The van der Waals surface area contributed by atoms with Gasteiger partial charge in [-0.2, -0.15) is 0 Å². The Labute approximate surface area is 160 Å². The van der Waals surface area contributed by atoms with E-state index >= 15 is 0 Å². The van der Waals surface area contributed by atoms with Gasteiger partial charge in [-0.05, 0) is 37.3 Å². The first-order valence-corrected chi connectivity index (χ1v) is 9.36. The van der Waals surface area contributed by atoms with Gasteiger partial charge in [0.05, 0.1) is 12.6 Å². The van der Waals surface area contributed by atoms with Crippen LogP contribution in [-0.4, -0.2) is 65.4 Å². The molecule has 7 heteroatoms. The molecule has 0 aliphatic heterocycles. The monoisotopic (exact) mass is 375 g/mol. The van der Waals surface area contributed by atoms with Crippen LogP contribution in [0.1, 0.15) is 43.9 Å². The van der Waals surface area contributed by atoms with Crippen molar-refractivity contribution in [1.29, 1.82) is 0 Å². The number of hydrogen-bond acceptors (Lipinski definition) is 4. The van der Waals surface area contributed by atoms with Crippen molar-refractivity contribution in [1.82, 2.24) is 15.1 Å². The van der Waals surface area contributed by atoms with Gasteiger partial charge in [-0.25, -0.2) is 0 Å². The van der Waals surface area contributed by atoms with E-state index in [-0.39, 0.29) is 24.4 Å². The zero-order valence-electron chi connectivity index (χ0n) is 16.3. The Hall–Kier alpha value is -2.41. The third kappa shape index (κ3) is 5.53. The summed E-state index contributed by atoms with van der Waals surface area (Å²) in [6.07, 6.45) is 2.95. The average Bonchev–Trinajstić information content (AvgIpc) is 2.65. The summed E-state index contributed by atoms with van der Waals surface area (Å²) in [4.78, 5) is 38.7. The van der Waals surface area contributed by atoms with Gasteiger partial charge in [-0.3, -0.25) is 19.3 Å². The third-order valence-electron chi connectivity index (χ3n) is 5.22. The van der Waals surface area contributed by atoms with Gasteiger partial charge in [0.15, 0.2) is 0 Å². The first kappa shape index (κ1) is 20.9. The second-order valence-electron chi connectivity index (χ2n) is 7.08. The Bertz CT molecular complexity index is 692. The van der Waals surface area contributed by atoms with Gasteiger partial charge in [0.25, 0.3) is 0 Å². The standard InChI is InChI=1S/C20H29N3O4/c1-14(20(26)27)23(12-11-21-15(2)24)13-19(25)22(3)18-10-6-8-16-7-4-5-9-17(16)18/h4-5,7,9,14,18H,6,8,10-13H2,1-3H3,(H,21,24)(H,26,27). The molecule has 7 nitrogen and oxygen atoms in total. The zero-order valence-corrected chi connectivity index (χ0v) is 16.3. The number of benzene rings is 1. The number of carboxylic acid groups (broad SMARTS) is 1. The number of carboxylic acids is 1. The predicted octanol–water partition coefficient (Wildman–Crippen LogP) is 1.43. The number of hydrogen-bond donors (Lipinski definition) is 2. The fourth-order valence-corrected chi connectivity index (χ4v) is 3.53. The van der Waals surface area contributed by atoms with Crippen molar-refractivity contribution in [3.05, 3.63) is 35.4 Å². The average molecular weight is 375 g/mol. The number of fused-ring (bicyclic) bond motifs is 1. The molecule has 148 valence electrons. The number of nitrogens with zero attached hydrogens (tertiary/aromatic N) is 2. The van der Waals surface area contributed by atoms with Crippen LogP contribution in [0.5, 0.6) is 0 Å². The van der Waals surface area contributed by atoms with Crippen molar-refractivity contribution in [2.75, 3.05) is 26.7 Å². The molecule has 2 N–H and O–H groups in total. The van der Waals surface area contributed by atoms with Gasteiger partial charge >= 0.3 is 5.97 Å². The van der Waals surface area contributed by atoms with Gasteiger partial charge < -0.3 is 15.3 Å². The SMILES string of the molecule is CC(=O)NCCN(CC(=O)N(C)C1CCCc2ccccc21)C(C)C(=O)O. The van der Waals surface area contributed by atoms with E-state index in [0.717, 1.165) is 19.3 Å². The summed E-state index contributed by atoms with van der Waals surface area (Å²) in [5.74, 6) is -1.29. The molecule has 1 aromatic rings. The smallest absolute Gasteiger partial charge is 0.320 e. The highest BCUT2D eigenvalue weighted by molar-refractivity contribution is 5.80. The van der Waals surface area contributed by atoms with Crippen molar-refractivity contribution < 1.29 is 19.5 Å². The fourth-order valence-electron chi connectivity index (χ4n) is 3.53. The molecule has 0 radical (unpaired) electrons. The van der Waals surface area contributed by atoms with Crippen molar-refractivity contribution in [2.24, 2.45) is 0 Å². The molecule has 0 saturated heterocycles. The molecule has 27 heavy (non-hydrogen) atoms. The molecule has 2 amide bonds. The van der Waals surface area contributed by atoms with Crippen molar-refractivity contribution in [2.45, 2.75) is 45.2 Å². The first-order chi connectivity index (χ1) is 12.8. The maximum Gasteiger partial charge on any atom is 0.320 e. The number of aryl methyl sites for hydroxylation is 1. The van der Waals surface area contributed by atoms with Crippen LogP contribution >= 0.6 is 0 Å². The molecule has 0 bridgehead atoms. The van der Waals surface area contributed by atoms with Crippen LogP contribution in [-0.2, 0) is 20.8 Å². The highest BCUT2D eigenvalue weighted by Crippen LogP contribution is 2.33. The molecular weight excluding hydrogens is 346 g/mol. The Morgan fingerprint density at radius 2 is 2.00 bits per heavy atom. The van der Waals surface area contributed by atoms with Gasteiger partial charge in [-0.15, -0.1) is 0 Å². The minimum atomic E-state index is -0.990. The van der Waals surface area contributed by atoms with Crippen LogP contribution in [0.3, 0.4) is 0 Å². The summed E-state index contributed by atoms with van der Waals surface area (Å²) in [7, 11) is 1.78. The summed E-state index contributed by atoms with van der Waals surface area (Å²) < 4.78 is 0. The lowest BCUT2D eigenvalue weighted by molar-refractivity contribution is -0.144. The maximum absolute atomic E-state index is 12.9. The molecule has 2 rings (SSSR count). The number of carbonyl (C=O) groups is 3. The molecule has 1 aliphatic carbocycles. The number of aliphatic carboxylic acids is 1. The normalized spacial score (nSPS) is 17.1. The van der Waals surface area contributed by atoms with Gasteiger partial charge in [-0.1, -0.05) is 24.3 Å². The number of rotatable bonds is 8. The van der Waals surface area contributed by atoms with Crippen molar-refractivity contribution >= 4 is 17.8 Å². The van der Waals surface area contributed by atoms with Crippen molar-refractivity contribution in [3.63, 3.8) is 0 Å². The lowest BCUT2D eigenvalue weighted by Crippen LogP contribution is -2.48. The van der Waals surface area contributed by atoms with Crippen LogP contribution < -0.4 is 5.32 Å². The third-order valence-corrected chi connectivity index (χ3v) is 5.22. The van der Waals surface area contributed by atoms with E-state index in [0.29, 0.717) is 13.1 Å². The Morgan fingerprint density at radius 3 is 2.67 bits per heavy atom. The minimum absolute atomic E-state index is 0.00220. The van der Waals surface area contributed by atoms with E-state index in [1.54, 1.807) is 23.8 Å². The Balaban J connectivity index is 2.07. The van der Waals surface area contributed by atoms with Crippen molar-refractivity contribution in [3.8, 4) is 0 Å². The van der Waals surface area contributed by atoms with E-state index in [2.05, 4.69) is 17.4 Å². The van der Waals surface area contributed by atoms with E-state index in [4.69, 9.17) is 0 Å². The molecule has 2 atom stereocenters. The summed E-state index contributed by atoms with van der Waals surface area (Å²) in [6.45, 7) is 3.57. The molecule has 0 saturated carbocycles. The van der Waals surface area contributed by atoms with E-state index in [9.17, 15) is 19.5 Å². The minimum Gasteiger partial charge on any atom is -0.480 e. The Kier molecular flexibility index (Phi) is 7.36. The number of nitrogens with one attached hydrogen (secondary N) is 1. The van der Waals surface area contributed by atoms with Crippen LogP contribution in [0, 0.1) is 0 Å². The van der Waals surface area contributed by atoms with E-state index in [1.165, 1.54) is 18.1 Å². The summed E-state index contributed by atoms with van der Waals surface area (Å²) in [5.41, 5.74) is 2.45. The quantitative estimate of drug-likeness (QED) is 0.717. The number of amides is 2. The highest BCUT2D eigenvalue weighted by Gasteiger charge is 2.29. The molecule has 2 unspecified atom stereocenters. The number of likely N-dealkylation sites (N-methyl/N-ethyl adjacent to an activating group) is 1. The van der Waals surface area contributed by atoms with Crippen LogP contribution in [0.2, 0.25) is 0 Å². The van der Waals surface area contributed by atoms with Crippen LogP contribution in [0.25, 0.3) is 0 Å². The van der Waals surface area contributed by atoms with Gasteiger partial charge in [0.2, 0.25) is 11.8 Å². The molecular formula is C20H29N3O4. The summed E-state index contributed by atoms with van der Waals surface area (Å²) in [6, 6.07) is 7.38. The van der Waals surface area contributed by atoms with Gasteiger partial charge in [0.1, 0.15) is 6.04 Å². The summed E-state index contributed by atoms with van der Waals surface area (Å²) >= 11 is 0. The second-order valence-corrected chi connectivity index (χ2v) is 7.08. The first-order valence-electron chi connectivity index (χ1n) is 9.36. The molecule has 0 aromatic heterocycles. The highest BCUT2D eigenvalue weighted by atomic mass is 16.4. The largest absolute Gasteiger partial charge is 0.480 e. The van der Waals surface area contributed by atoms with E-state index in [1.807, 2.05) is 12.1 Å². The zero-order chi connectivity index (χ0) is 20.0. The predicted molar refractivity (Wildman–Crippen MR) is 102 cm³/mol.